The highest BCUT2D eigenvalue weighted by Gasteiger charge is 2.58. The van der Waals surface area contributed by atoms with Crippen molar-refractivity contribution in [2.24, 2.45) is 34.5 Å². The maximum atomic E-state index is 14.1. The van der Waals surface area contributed by atoms with Crippen molar-refractivity contribution in [1.29, 1.82) is 0 Å². The Bertz CT molecular complexity index is 804. The van der Waals surface area contributed by atoms with E-state index < -0.39 is 0 Å². The number of Topliss-reactive ketones (excluding diaryl/α,β-unsaturated/α-hetero) is 2. The van der Waals surface area contributed by atoms with Crippen LogP contribution in [0, 0.1) is 34.5 Å². The van der Waals surface area contributed by atoms with Crippen molar-refractivity contribution in [1.82, 2.24) is 0 Å². The number of hydrogen-bond acceptors (Lipinski definition) is 4. The molecule has 3 rings (SSSR count). The van der Waals surface area contributed by atoms with Crippen LogP contribution in [0.3, 0.4) is 0 Å². The van der Waals surface area contributed by atoms with Gasteiger partial charge in [0.1, 0.15) is 17.3 Å². The molecule has 31 heavy (non-hydrogen) atoms. The SMILES string of the molecule is COc1cc(OC)cc(C(=O)[C@H]2[C@H](C)[C@@H](CCC(C)=O)CC3C(C)(C)CCC[C@@]32C)c1. The molecule has 0 aromatic heterocycles. The first-order chi connectivity index (χ1) is 14.5. The molecule has 1 unspecified atom stereocenters. The fourth-order valence-corrected chi connectivity index (χ4v) is 6.95. The Balaban J connectivity index is 2.05. The summed E-state index contributed by atoms with van der Waals surface area (Å²) in [7, 11) is 3.23. The van der Waals surface area contributed by atoms with Crippen LogP contribution in [0.25, 0.3) is 0 Å². The maximum Gasteiger partial charge on any atom is 0.167 e. The smallest absolute Gasteiger partial charge is 0.167 e. The minimum Gasteiger partial charge on any atom is -0.497 e. The van der Waals surface area contributed by atoms with Gasteiger partial charge in [-0.3, -0.25) is 4.79 Å². The molecule has 0 heterocycles. The van der Waals surface area contributed by atoms with E-state index in [1.165, 1.54) is 6.42 Å². The summed E-state index contributed by atoms with van der Waals surface area (Å²) in [6.07, 6.45) is 6.05. The molecule has 172 valence electrons. The molecule has 2 saturated carbocycles. The van der Waals surface area contributed by atoms with Gasteiger partial charge in [0, 0.05) is 24.0 Å². The Morgan fingerprint density at radius 3 is 2.19 bits per heavy atom. The van der Waals surface area contributed by atoms with Crippen LogP contribution in [0.1, 0.15) is 83.5 Å². The second-order valence-corrected chi connectivity index (χ2v) is 10.9. The summed E-state index contributed by atoms with van der Waals surface area (Å²) in [4.78, 5) is 25.9. The van der Waals surface area contributed by atoms with E-state index in [-0.39, 0.29) is 34.2 Å². The highest BCUT2D eigenvalue weighted by atomic mass is 16.5. The van der Waals surface area contributed by atoms with Gasteiger partial charge in [0.2, 0.25) is 0 Å². The van der Waals surface area contributed by atoms with Crippen molar-refractivity contribution < 1.29 is 19.1 Å². The Kier molecular flexibility index (Phi) is 6.88. The standard InChI is InChI=1S/C27H40O4/c1-17(28)9-10-19-15-23-26(3,4)11-8-12-27(23,5)24(18(19)2)25(29)20-13-21(30-6)16-22(14-20)31-7/h13-14,16,18-19,23-24H,8-12,15H2,1-7H3/t18-,19+,23?,24-,27+/m1/s1. The molecule has 4 nitrogen and oxygen atoms in total. The number of rotatable bonds is 7. The lowest BCUT2D eigenvalue weighted by atomic mass is 9.43. The fraction of sp³-hybridized carbons (Fsp3) is 0.704. The summed E-state index contributed by atoms with van der Waals surface area (Å²) < 4.78 is 10.9. The van der Waals surface area contributed by atoms with Crippen LogP contribution in [0.4, 0.5) is 0 Å². The first-order valence-electron chi connectivity index (χ1n) is 11.8. The molecule has 0 bridgehead atoms. The lowest BCUT2D eigenvalue weighted by Gasteiger charge is -2.60. The molecule has 0 radical (unpaired) electrons. The second-order valence-electron chi connectivity index (χ2n) is 10.9. The van der Waals surface area contributed by atoms with Crippen molar-refractivity contribution >= 4 is 11.6 Å². The molecule has 5 atom stereocenters. The number of hydrogen-bond donors (Lipinski definition) is 0. The molecule has 2 aliphatic carbocycles. The molecule has 2 aliphatic rings. The Morgan fingerprint density at radius 2 is 1.65 bits per heavy atom. The molecule has 4 heteroatoms. The van der Waals surface area contributed by atoms with E-state index in [1.807, 2.05) is 18.2 Å². The number of ketones is 2. The van der Waals surface area contributed by atoms with Gasteiger partial charge in [0.05, 0.1) is 14.2 Å². The van der Waals surface area contributed by atoms with Crippen LogP contribution >= 0.6 is 0 Å². The summed E-state index contributed by atoms with van der Waals surface area (Å²) >= 11 is 0. The van der Waals surface area contributed by atoms with Gasteiger partial charge in [-0.05, 0) is 73.3 Å². The van der Waals surface area contributed by atoms with Crippen molar-refractivity contribution in [3.05, 3.63) is 23.8 Å². The largest absolute Gasteiger partial charge is 0.497 e. The van der Waals surface area contributed by atoms with Gasteiger partial charge in [-0.1, -0.05) is 34.1 Å². The summed E-state index contributed by atoms with van der Waals surface area (Å²) in [5, 5.41) is 0. The zero-order chi connectivity index (χ0) is 23.0. The van der Waals surface area contributed by atoms with Crippen LogP contribution in [-0.4, -0.2) is 25.8 Å². The van der Waals surface area contributed by atoms with E-state index in [4.69, 9.17) is 9.47 Å². The fourth-order valence-electron chi connectivity index (χ4n) is 6.95. The summed E-state index contributed by atoms with van der Waals surface area (Å²) in [5.41, 5.74) is 0.830. The monoisotopic (exact) mass is 428 g/mol. The number of benzene rings is 1. The highest BCUT2D eigenvalue weighted by Crippen LogP contribution is 2.63. The van der Waals surface area contributed by atoms with Crippen molar-refractivity contribution in [2.45, 2.75) is 73.1 Å². The van der Waals surface area contributed by atoms with Gasteiger partial charge in [0.25, 0.3) is 0 Å². The predicted molar refractivity (Wildman–Crippen MR) is 124 cm³/mol. The normalized spacial score (nSPS) is 32.1. The lowest BCUT2D eigenvalue weighted by Crippen LogP contribution is -2.56. The number of fused-ring (bicyclic) bond motifs is 1. The quantitative estimate of drug-likeness (QED) is 0.474. The highest BCUT2D eigenvalue weighted by molar-refractivity contribution is 5.99. The third kappa shape index (κ3) is 4.54. The minimum atomic E-state index is -0.0698. The van der Waals surface area contributed by atoms with Crippen molar-refractivity contribution in [2.75, 3.05) is 14.2 Å². The van der Waals surface area contributed by atoms with Gasteiger partial charge < -0.3 is 14.3 Å². The van der Waals surface area contributed by atoms with Gasteiger partial charge in [-0.2, -0.15) is 0 Å². The van der Waals surface area contributed by atoms with E-state index in [2.05, 4.69) is 27.7 Å². The van der Waals surface area contributed by atoms with Crippen LogP contribution in [-0.2, 0) is 4.79 Å². The molecular formula is C27H40O4. The lowest BCUT2D eigenvalue weighted by molar-refractivity contribution is -0.119. The summed E-state index contributed by atoms with van der Waals surface area (Å²) in [6.45, 7) is 11.0. The zero-order valence-corrected chi connectivity index (χ0v) is 20.4. The van der Waals surface area contributed by atoms with Crippen molar-refractivity contribution in [3.8, 4) is 11.5 Å². The molecule has 0 spiro atoms. The van der Waals surface area contributed by atoms with Gasteiger partial charge in [-0.25, -0.2) is 0 Å². The average Bonchev–Trinajstić information content (AvgIpc) is 2.71. The van der Waals surface area contributed by atoms with Gasteiger partial charge in [0.15, 0.2) is 5.78 Å². The van der Waals surface area contributed by atoms with E-state index in [0.29, 0.717) is 35.3 Å². The van der Waals surface area contributed by atoms with Crippen LogP contribution in [0.2, 0.25) is 0 Å². The number of carbonyl (C=O) groups excluding carboxylic acids is 2. The average molecular weight is 429 g/mol. The third-order valence-corrected chi connectivity index (χ3v) is 8.58. The molecule has 1 aromatic rings. The number of carbonyl (C=O) groups is 2. The van der Waals surface area contributed by atoms with E-state index >= 15 is 0 Å². The number of methoxy groups -OCH3 is 2. The van der Waals surface area contributed by atoms with E-state index in [0.717, 1.165) is 25.7 Å². The molecule has 0 saturated heterocycles. The topological polar surface area (TPSA) is 52.6 Å². The first kappa shape index (κ1) is 23.8. The zero-order valence-electron chi connectivity index (χ0n) is 20.4. The van der Waals surface area contributed by atoms with Gasteiger partial charge in [-0.15, -0.1) is 0 Å². The summed E-state index contributed by atoms with van der Waals surface area (Å²) in [5.74, 6) is 2.75. The first-order valence-corrected chi connectivity index (χ1v) is 11.8. The second kappa shape index (κ2) is 8.96. The van der Waals surface area contributed by atoms with Crippen LogP contribution in [0.15, 0.2) is 18.2 Å². The molecule has 2 fully saturated rings. The van der Waals surface area contributed by atoms with Gasteiger partial charge >= 0.3 is 0 Å². The van der Waals surface area contributed by atoms with Crippen molar-refractivity contribution in [3.63, 3.8) is 0 Å². The molecule has 0 N–H and O–H groups in total. The molecule has 0 aliphatic heterocycles. The molecule has 0 amide bonds. The minimum absolute atomic E-state index is 0.0404. The number of ether oxygens (including phenoxy) is 2. The predicted octanol–water partition coefficient (Wildman–Crippen LogP) is 6.36. The van der Waals surface area contributed by atoms with Crippen LogP contribution < -0.4 is 9.47 Å². The molecular weight excluding hydrogens is 388 g/mol. The Hall–Kier alpha value is -1.84. The maximum absolute atomic E-state index is 14.1. The summed E-state index contributed by atoms with van der Waals surface area (Å²) in [6, 6.07) is 5.51. The van der Waals surface area contributed by atoms with Crippen LogP contribution in [0.5, 0.6) is 11.5 Å². The third-order valence-electron chi connectivity index (χ3n) is 8.58. The molecule has 1 aromatic carbocycles. The van der Waals surface area contributed by atoms with E-state index in [9.17, 15) is 9.59 Å². The van der Waals surface area contributed by atoms with E-state index in [1.54, 1.807) is 21.1 Å². The Morgan fingerprint density at radius 1 is 1.03 bits per heavy atom. The Labute approximate surface area is 188 Å².